The summed E-state index contributed by atoms with van der Waals surface area (Å²) in [5.74, 6) is -0.239. The Morgan fingerprint density at radius 2 is 2.04 bits per heavy atom. The number of rotatable bonds is 10. The van der Waals surface area contributed by atoms with E-state index >= 15 is 0 Å². The molecule has 0 spiro atoms. The van der Waals surface area contributed by atoms with E-state index < -0.39 is 0 Å². The summed E-state index contributed by atoms with van der Waals surface area (Å²) in [6, 6.07) is 0.283. The van der Waals surface area contributed by atoms with Crippen LogP contribution in [0.5, 0.6) is 0 Å². The summed E-state index contributed by atoms with van der Waals surface area (Å²) in [5.41, 5.74) is 0.461. The van der Waals surface area contributed by atoms with Crippen molar-refractivity contribution in [2.45, 2.75) is 44.7 Å². The van der Waals surface area contributed by atoms with E-state index in [4.69, 9.17) is 4.74 Å². The number of nitrogens with zero attached hydrogens (tertiary/aromatic N) is 2. The molecular weight excluding hydrogens is 322 g/mol. The molecule has 0 aliphatic heterocycles. The summed E-state index contributed by atoms with van der Waals surface area (Å²) < 4.78 is 6.43. The van der Waals surface area contributed by atoms with Gasteiger partial charge in [-0.05, 0) is 12.8 Å². The highest BCUT2D eigenvalue weighted by atomic mass is 16.5. The molecule has 1 aliphatic carbocycles. The molecule has 1 aliphatic rings. The van der Waals surface area contributed by atoms with Gasteiger partial charge in [-0.2, -0.15) is 5.10 Å². The molecule has 1 heterocycles. The molecule has 25 heavy (non-hydrogen) atoms. The smallest absolute Gasteiger partial charge is 0.254 e. The van der Waals surface area contributed by atoms with Gasteiger partial charge in [0.05, 0.1) is 18.4 Å². The number of ether oxygens (including phenoxy) is 1. The van der Waals surface area contributed by atoms with Gasteiger partial charge in [0.25, 0.3) is 5.91 Å². The van der Waals surface area contributed by atoms with E-state index in [-0.39, 0.29) is 24.4 Å². The van der Waals surface area contributed by atoms with Crippen LogP contribution >= 0.6 is 0 Å². The molecule has 0 unspecified atom stereocenters. The highest BCUT2D eigenvalue weighted by Gasteiger charge is 2.16. The molecule has 0 bridgehead atoms. The molecule has 1 saturated carbocycles. The topological polar surface area (TPSA) is 97.3 Å². The number of hydrogen-bond donors (Lipinski definition) is 3. The van der Waals surface area contributed by atoms with Crippen molar-refractivity contribution in [2.75, 3.05) is 33.4 Å². The van der Waals surface area contributed by atoms with Crippen molar-refractivity contribution in [2.24, 2.45) is 0 Å². The van der Waals surface area contributed by atoms with Crippen LogP contribution in [0.4, 0.5) is 0 Å². The van der Waals surface area contributed by atoms with Crippen LogP contribution in [-0.2, 0) is 16.1 Å². The molecule has 1 aromatic rings. The third-order valence-corrected chi connectivity index (χ3v) is 4.24. The van der Waals surface area contributed by atoms with Crippen LogP contribution < -0.4 is 16.0 Å². The molecule has 8 nitrogen and oxygen atoms in total. The molecule has 2 rings (SSSR count). The summed E-state index contributed by atoms with van der Waals surface area (Å²) in [6.07, 6.45) is 8.81. The predicted octanol–water partition coefficient (Wildman–Crippen LogP) is 0.298. The Kier molecular flexibility index (Phi) is 8.41. The third kappa shape index (κ3) is 7.23. The van der Waals surface area contributed by atoms with Gasteiger partial charge in [-0.1, -0.05) is 19.3 Å². The van der Waals surface area contributed by atoms with E-state index in [0.29, 0.717) is 25.3 Å². The SMILES string of the molecule is COCCNCCNC(=O)c1cnn(CC(=O)NC2CCCCC2)c1. The maximum Gasteiger partial charge on any atom is 0.254 e. The zero-order valence-corrected chi connectivity index (χ0v) is 14.9. The number of carbonyl (C=O) groups is 2. The molecule has 0 saturated heterocycles. The number of methoxy groups -OCH3 is 1. The minimum atomic E-state index is -0.188. The molecule has 1 aromatic heterocycles. The second kappa shape index (κ2) is 10.8. The molecule has 0 atom stereocenters. The van der Waals surface area contributed by atoms with E-state index in [1.807, 2.05) is 0 Å². The third-order valence-electron chi connectivity index (χ3n) is 4.24. The zero-order chi connectivity index (χ0) is 17.9. The quantitative estimate of drug-likeness (QED) is 0.527. The molecule has 3 N–H and O–H groups in total. The van der Waals surface area contributed by atoms with Crippen LogP contribution in [0.2, 0.25) is 0 Å². The van der Waals surface area contributed by atoms with Gasteiger partial charge in [0.1, 0.15) is 6.54 Å². The van der Waals surface area contributed by atoms with E-state index in [1.165, 1.54) is 30.1 Å². The Morgan fingerprint density at radius 1 is 1.24 bits per heavy atom. The van der Waals surface area contributed by atoms with Crippen molar-refractivity contribution >= 4 is 11.8 Å². The fourth-order valence-corrected chi connectivity index (χ4v) is 2.90. The largest absolute Gasteiger partial charge is 0.383 e. The lowest BCUT2D eigenvalue weighted by atomic mass is 9.95. The molecule has 0 radical (unpaired) electrons. The van der Waals surface area contributed by atoms with Crippen LogP contribution in [-0.4, -0.2) is 61.0 Å². The van der Waals surface area contributed by atoms with Crippen LogP contribution in [0.3, 0.4) is 0 Å². The average molecular weight is 351 g/mol. The second-order valence-corrected chi connectivity index (χ2v) is 6.33. The Bertz CT molecular complexity index is 540. The molecular formula is C17H29N5O3. The van der Waals surface area contributed by atoms with E-state index in [1.54, 1.807) is 13.3 Å². The van der Waals surface area contributed by atoms with Crippen LogP contribution in [0, 0.1) is 0 Å². The normalized spacial score (nSPS) is 15.1. The molecule has 8 heteroatoms. The van der Waals surface area contributed by atoms with Crippen LogP contribution in [0.25, 0.3) is 0 Å². The zero-order valence-electron chi connectivity index (χ0n) is 14.9. The monoisotopic (exact) mass is 351 g/mol. The fourth-order valence-electron chi connectivity index (χ4n) is 2.90. The van der Waals surface area contributed by atoms with Crippen LogP contribution in [0.15, 0.2) is 12.4 Å². The van der Waals surface area contributed by atoms with E-state index in [2.05, 4.69) is 21.0 Å². The first-order valence-electron chi connectivity index (χ1n) is 8.98. The molecule has 0 aromatic carbocycles. The maximum absolute atomic E-state index is 12.1. The number of amides is 2. The summed E-state index contributed by atoms with van der Waals surface area (Å²) in [5, 5.41) is 13.1. The Morgan fingerprint density at radius 3 is 2.80 bits per heavy atom. The standard InChI is InChI=1S/C17H29N5O3/c1-25-10-9-18-7-8-19-17(24)14-11-20-22(12-14)13-16(23)21-15-5-3-2-4-6-15/h11-12,15,18H,2-10,13H2,1H3,(H,19,24)(H,21,23). The summed E-state index contributed by atoms with van der Waals surface area (Å²) in [4.78, 5) is 24.1. The van der Waals surface area contributed by atoms with Gasteiger partial charge in [-0.25, -0.2) is 0 Å². The molecule has 1 fully saturated rings. The van der Waals surface area contributed by atoms with Gasteiger partial charge in [0.15, 0.2) is 0 Å². The lowest BCUT2D eigenvalue weighted by molar-refractivity contribution is -0.122. The lowest BCUT2D eigenvalue weighted by Gasteiger charge is -2.22. The van der Waals surface area contributed by atoms with Crippen LogP contribution in [0.1, 0.15) is 42.5 Å². The highest BCUT2D eigenvalue weighted by molar-refractivity contribution is 5.93. The first-order chi connectivity index (χ1) is 12.2. The van der Waals surface area contributed by atoms with Crippen molar-refractivity contribution in [1.82, 2.24) is 25.7 Å². The maximum atomic E-state index is 12.1. The summed E-state index contributed by atoms with van der Waals surface area (Å²) >= 11 is 0. The van der Waals surface area contributed by atoms with Crippen molar-refractivity contribution in [3.8, 4) is 0 Å². The summed E-state index contributed by atoms with van der Waals surface area (Å²) in [6.45, 7) is 2.73. The first-order valence-corrected chi connectivity index (χ1v) is 8.98. The van der Waals surface area contributed by atoms with Crippen molar-refractivity contribution < 1.29 is 14.3 Å². The Balaban J connectivity index is 1.67. The molecule has 140 valence electrons. The summed E-state index contributed by atoms with van der Waals surface area (Å²) in [7, 11) is 1.65. The number of hydrogen-bond acceptors (Lipinski definition) is 5. The molecule has 2 amide bonds. The minimum Gasteiger partial charge on any atom is -0.383 e. The predicted molar refractivity (Wildman–Crippen MR) is 94.3 cm³/mol. The average Bonchev–Trinajstić information content (AvgIpc) is 3.07. The van der Waals surface area contributed by atoms with Gasteiger partial charge in [0.2, 0.25) is 5.91 Å². The van der Waals surface area contributed by atoms with Gasteiger partial charge in [0, 0.05) is 39.0 Å². The number of nitrogens with one attached hydrogen (secondary N) is 3. The number of aromatic nitrogens is 2. The van der Waals surface area contributed by atoms with Gasteiger partial charge >= 0.3 is 0 Å². The van der Waals surface area contributed by atoms with Crippen molar-refractivity contribution in [1.29, 1.82) is 0 Å². The van der Waals surface area contributed by atoms with Crippen molar-refractivity contribution in [3.05, 3.63) is 18.0 Å². The first kappa shape index (κ1) is 19.4. The van der Waals surface area contributed by atoms with E-state index in [9.17, 15) is 9.59 Å². The Labute approximate surface area is 148 Å². The number of carbonyl (C=O) groups excluding carboxylic acids is 2. The second-order valence-electron chi connectivity index (χ2n) is 6.33. The van der Waals surface area contributed by atoms with Gasteiger partial charge in [-0.3, -0.25) is 14.3 Å². The lowest BCUT2D eigenvalue weighted by Crippen LogP contribution is -2.38. The highest BCUT2D eigenvalue weighted by Crippen LogP contribution is 2.17. The van der Waals surface area contributed by atoms with Gasteiger partial charge in [-0.15, -0.1) is 0 Å². The minimum absolute atomic E-state index is 0.0516. The van der Waals surface area contributed by atoms with Crippen molar-refractivity contribution in [3.63, 3.8) is 0 Å². The fraction of sp³-hybridized carbons (Fsp3) is 0.706. The van der Waals surface area contributed by atoms with E-state index in [0.717, 1.165) is 19.4 Å². The Hall–Kier alpha value is -1.93. The van der Waals surface area contributed by atoms with Gasteiger partial charge < -0.3 is 20.7 Å².